The third-order valence-corrected chi connectivity index (χ3v) is 6.65. The molecule has 1 N–H and O–H groups in total. The summed E-state index contributed by atoms with van der Waals surface area (Å²) in [7, 11) is -3.30. The Balaban J connectivity index is 1.59. The molecule has 1 aromatic carbocycles. The average Bonchev–Trinajstić information content (AvgIpc) is 3.21. The minimum Gasteiger partial charge on any atom is -0.459 e. The quantitative estimate of drug-likeness (QED) is 0.652. The minimum absolute atomic E-state index is 0.0364. The molecule has 142 valence electrons. The van der Waals surface area contributed by atoms with Gasteiger partial charge in [0.1, 0.15) is 10.6 Å². The molecule has 2 heterocycles. The monoisotopic (exact) mass is 404 g/mol. The fourth-order valence-corrected chi connectivity index (χ4v) is 4.76. The van der Waals surface area contributed by atoms with Crippen molar-refractivity contribution in [1.29, 1.82) is 0 Å². The number of benzene rings is 1. The third kappa shape index (κ3) is 5.05. The highest BCUT2D eigenvalue weighted by molar-refractivity contribution is 7.90. The average molecular weight is 405 g/mol. The van der Waals surface area contributed by atoms with E-state index >= 15 is 0 Å². The highest BCUT2D eigenvalue weighted by Crippen LogP contribution is 2.29. The molecule has 0 atom stereocenters. The van der Waals surface area contributed by atoms with E-state index in [1.807, 2.05) is 25.1 Å². The second-order valence-corrected chi connectivity index (χ2v) is 9.36. The van der Waals surface area contributed by atoms with Crippen LogP contribution in [-0.4, -0.2) is 31.6 Å². The van der Waals surface area contributed by atoms with E-state index in [2.05, 4.69) is 10.3 Å². The van der Waals surface area contributed by atoms with Crippen LogP contribution >= 0.6 is 11.3 Å². The standard InChI is InChI=1S/C19H20N2O4S2/c1-13-8-9-16(25-13)19-21-14(2)17(26-19)18(22)20-10-11-27(23,24)12-15-6-4-3-5-7-15/h3-9H,10-12H2,1-2H3,(H,20,22). The van der Waals surface area contributed by atoms with Crippen molar-refractivity contribution in [2.75, 3.05) is 12.3 Å². The first-order valence-corrected chi connectivity index (χ1v) is 11.0. The van der Waals surface area contributed by atoms with E-state index in [1.165, 1.54) is 11.3 Å². The van der Waals surface area contributed by atoms with Crippen LogP contribution in [0.2, 0.25) is 0 Å². The summed E-state index contributed by atoms with van der Waals surface area (Å²) < 4.78 is 29.9. The van der Waals surface area contributed by atoms with E-state index < -0.39 is 9.84 Å². The zero-order valence-corrected chi connectivity index (χ0v) is 16.7. The molecule has 3 rings (SSSR count). The number of rotatable bonds is 7. The van der Waals surface area contributed by atoms with E-state index in [0.717, 1.165) is 11.3 Å². The molecule has 0 saturated carbocycles. The zero-order valence-electron chi connectivity index (χ0n) is 15.1. The van der Waals surface area contributed by atoms with Crippen molar-refractivity contribution < 1.29 is 17.6 Å². The lowest BCUT2D eigenvalue weighted by atomic mass is 10.2. The van der Waals surface area contributed by atoms with E-state index in [4.69, 9.17) is 4.42 Å². The fourth-order valence-electron chi connectivity index (χ4n) is 2.56. The van der Waals surface area contributed by atoms with E-state index in [1.54, 1.807) is 31.2 Å². The first-order valence-electron chi connectivity index (χ1n) is 8.41. The SMILES string of the molecule is Cc1ccc(-c2nc(C)c(C(=O)NCCS(=O)(=O)Cc3ccccc3)s2)o1. The molecule has 6 nitrogen and oxygen atoms in total. The first kappa shape index (κ1) is 19.3. The van der Waals surface area contributed by atoms with Gasteiger partial charge in [0, 0.05) is 6.54 Å². The predicted octanol–water partition coefficient (Wildman–Crippen LogP) is 3.36. The van der Waals surface area contributed by atoms with Gasteiger partial charge in [0.25, 0.3) is 5.91 Å². The number of furan rings is 1. The van der Waals surface area contributed by atoms with E-state index in [0.29, 0.717) is 21.3 Å². The number of carbonyl (C=O) groups is 1. The van der Waals surface area contributed by atoms with Crippen molar-refractivity contribution in [2.45, 2.75) is 19.6 Å². The molecule has 3 aromatic rings. The molecular formula is C19H20N2O4S2. The Morgan fingerprint density at radius 2 is 1.89 bits per heavy atom. The van der Waals surface area contributed by atoms with Gasteiger partial charge in [0.2, 0.25) is 0 Å². The number of nitrogens with zero attached hydrogens (tertiary/aromatic N) is 1. The van der Waals surface area contributed by atoms with Crippen LogP contribution < -0.4 is 5.32 Å². The van der Waals surface area contributed by atoms with Crippen molar-refractivity contribution >= 4 is 27.1 Å². The van der Waals surface area contributed by atoms with Gasteiger partial charge in [0.05, 0.1) is 17.2 Å². The number of carbonyl (C=O) groups excluding carboxylic acids is 1. The van der Waals surface area contributed by atoms with Gasteiger partial charge < -0.3 is 9.73 Å². The molecule has 2 aromatic heterocycles. The van der Waals surface area contributed by atoms with Crippen LogP contribution in [0.25, 0.3) is 10.8 Å². The third-order valence-electron chi connectivity index (χ3n) is 3.88. The summed E-state index contributed by atoms with van der Waals surface area (Å²) in [6.45, 7) is 3.64. The molecule has 0 bridgehead atoms. The van der Waals surface area contributed by atoms with Crippen LogP contribution in [0.3, 0.4) is 0 Å². The molecule has 8 heteroatoms. The van der Waals surface area contributed by atoms with Crippen molar-refractivity contribution in [3.8, 4) is 10.8 Å². The Morgan fingerprint density at radius 3 is 2.56 bits per heavy atom. The lowest BCUT2D eigenvalue weighted by molar-refractivity contribution is 0.0959. The molecule has 0 aliphatic carbocycles. The Hall–Kier alpha value is -2.45. The molecule has 0 aliphatic rings. The molecule has 0 saturated heterocycles. The van der Waals surface area contributed by atoms with E-state index in [9.17, 15) is 13.2 Å². The lowest BCUT2D eigenvalue weighted by Crippen LogP contribution is -2.29. The Kier molecular flexibility index (Phi) is 5.76. The van der Waals surface area contributed by atoms with Gasteiger partial charge in [-0.25, -0.2) is 13.4 Å². The maximum Gasteiger partial charge on any atom is 0.263 e. The van der Waals surface area contributed by atoms with Gasteiger partial charge in [-0.3, -0.25) is 4.79 Å². The van der Waals surface area contributed by atoms with Crippen LogP contribution in [0.15, 0.2) is 46.9 Å². The second-order valence-electron chi connectivity index (χ2n) is 6.18. The Morgan fingerprint density at radius 1 is 1.15 bits per heavy atom. The molecule has 0 fully saturated rings. The molecule has 27 heavy (non-hydrogen) atoms. The number of aromatic nitrogens is 1. The summed E-state index contributed by atoms with van der Waals surface area (Å²) in [5.74, 6) is 0.910. The summed E-state index contributed by atoms with van der Waals surface area (Å²) >= 11 is 1.23. The maximum absolute atomic E-state index is 12.4. The van der Waals surface area contributed by atoms with Gasteiger partial charge >= 0.3 is 0 Å². The number of nitrogens with one attached hydrogen (secondary N) is 1. The number of sulfone groups is 1. The topological polar surface area (TPSA) is 89.3 Å². The molecule has 1 amide bonds. The molecule has 0 radical (unpaired) electrons. The highest BCUT2D eigenvalue weighted by Gasteiger charge is 2.19. The van der Waals surface area contributed by atoms with Crippen molar-refractivity contribution in [1.82, 2.24) is 10.3 Å². The maximum atomic E-state index is 12.4. The van der Waals surface area contributed by atoms with Crippen LogP contribution in [0, 0.1) is 13.8 Å². The molecule has 0 unspecified atom stereocenters. The summed E-state index contributed by atoms with van der Waals surface area (Å²) in [6.07, 6.45) is 0. The largest absolute Gasteiger partial charge is 0.459 e. The number of hydrogen-bond donors (Lipinski definition) is 1. The summed E-state index contributed by atoms with van der Waals surface area (Å²) in [5.41, 5.74) is 1.33. The van der Waals surface area contributed by atoms with Crippen molar-refractivity contribution in [2.24, 2.45) is 0 Å². The van der Waals surface area contributed by atoms with Crippen molar-refractivity contribution in [3.05, 3.63) is 64.4 Å². The van der Waals surface area contributed by atoms with Crippen LogP contribution in [-0.2, 0) is 15.6 Å². The van der Waals surface area contributed by atoms with Crippen molar-refractivity contribution in [3.63, 3.8) is 0 Å². The van der Waals surface area contributed by atoms with Gasteiger partial charge in [-0.15, -0.1) is 11.3 Å². The van der Waals surface area contributed by atoms with Gasteiger partial charge in [-0.2, -0.15) is 0 Å². The lowest BCUT2D eigenvalue weighted by Gasteiger charge is -2.06. The van der Waals surface area contributed by atoms with Crippen LogP contribution in [0.5, 0.6) is 0 Å². The van der Waals surface area contributed by atoms with Gasteiger partial charge in [-0.05, 0) is 31.5 Å². The summed E-state index contributed by atoms with van der Waals surface area (Å²) in [5, 5.41) is 3.30. The smallest absolute Gasteiger partial charge is 0.263 e. The van der Waals surface area contributed by atoms with Gasteiger partial charge in [-0.1, -0.05) is 30.3 Å². The molecular weight excluding hydrogens is 384 g/mol. The highest BCUT2D eigenvalue weighted by atomic mass is 32.2. The number of amides is 1. The summed E-state index contributed by atoms with van der Waals surface area (Å²) in [4.78, 5) is 17.2. The van der Waals surface area contributed by atoms with E-state index in [-0.39, 0.29) is 24.0 Å². The van der Waals surface area contributed by atoms with Gasteiger partial charge in [0.15, 0.2) is 20.6 Å². The molecule has 0 spiro atoms. The Labute approximate surface area is 162 Å². The normalized spacial score (nSPS) is 11.5. The minimum atomic E-state index is -3.30. The molecule has 0 aliphatic heterocycles. The predicted molar refractivity (Wildman–Crippen MR) is 106 cm³/mol. The zero-order chi connectivity index (χ0) is 19.4. The number of thiazole rings is 1. The second kappa shape index (κ2) is 8.06. The number of aryl methyl sites for hydroxylation is 2. The fraction of sp³-hybridized carbons (Fsp3) is 0.263. The Bertz CT molecular complexity index is 1040. The van der Waals surface area contributed by atoms with Crippen LogP contribution in [0.1, 0.15) is 26.7 Å². The van der Waals surface area contributed by atoms with Crippen LogP contribution in [0.4, 0.5) is 0 Å². The summed E-state index contributed by atoms with van der Waals surface area (Å²) in [6, 6.07) is 12.6. The first-order chi connectivity index (χ1) is 12.8. The number of hydrogen-bond acceptors (Lipinski definition) is 6.